The molecule has 2 aliphatic carbocycles. The first-order valence-corrected chi connectivity index (χ1v) is 10.7. The van der Waals surface area contributed by atoms with Crippen molar-refractivity contribution in [2.24, 2.45) is 5.92 Å². The van der Waals surface area contributed by atoms with Crippen molar-refractivity contribution in [1.29, 1.82) is 0 Å². The van der Waals surface area contributed by atoms with Crippen molar-refractivity contribution in [2.45, 2.75) is 90.1 Å². The molecule has 2 aliphatic rings. The Bertz CT molecular complexity index is 559. The van der Waals surface area contributed by atoms with Crippen LogP contribution in [0.4, 0.5) is 0 Å². The zero-order valence-corrected chi connectivity index (χ0v) is 16.4. The molecule has 0 saturated heterocycles. The molecule has 0 unspecified atom stereocenters. The summed E-state index contributed by atoms with van der Waals surface area (Å²) in [5.41, 5.74) is 4.75. The molecule has 0 aliphatic heterocycles. The lowest BCUT2D eigenvalue weighted by Gasteiger charge is -2.34. The van der Waals surface area contributed by atoms with E-state index >= 15 is 0 Å². The highest BCUT2D eigenvalue weighted by Gasteiger charge is 2.52. The molecule has 25 heavy (non-hydrogen) atoms. The molecule has 0 heterocycles. The highest BCUT2D eigenvalue weighted by atomic mass is 16.5. The maximum atomic E-state index is 6.72. The molecule has 0 spiro atoms. The van der Waals surface area contributed by atoms with Crippen LogP contribution in [0.1, 0.15) is 90.0 Å². The largest absolute Gasteiger partial charge is 0.370 e. The topological polar surface area (TPSA) is 9.23 Å². The van der Waals surface area contributed by atoms with E-state index in [1.165, 1.54) is 76.2 Å². The van der Waals surface area contributed by atoms with Gasteiger partial charge in [0.05, 0.1) is 5.60 Å². The summed E-state index contributed by atoms with van der Waals surface area (Å²) in [7, 11) is 0. The van der Waals surface area contributed by atoms with Crippen LogP contribution in [0.15, 0.2) is 35.9 Å². The van der Waals surface area contributed by atoms with E-state index in [1.807, 2.05) is 0 Å². The second-order valence-electron chi connectivity index (χ2n) is 8.04. The standard InChI is InChI=1S/C24H36O/c1-3-5-7-9-15-21-19-22-16-12-17-24(22,25-18-6-4-2)23(21)20-13-10-8-11-14-20/h8,10-11,13-14,22H,3-7,9,12,15-19H2,1-2H3/t22-,24+/m1/s1. The Morgan fingerprint density at radius 3 is 2.56 bits per heavy atom. The van der Waals surface area contributed by atoms with E-state index in [9.17, 15) is 0 Å². The number of benzene rings is 1. The van der Waals surface area contributed by atoms with E-state index in [0.29, 0.717) is 0 Å². The molecule has 1 heteroatoms. The molecule has 0 bridgehead atoms. The monoisotopic (exact) mass is 340 g/mol. The van der Waals surface area contributed by atoms with Gasteiger partial charge in [-0.1, -0.05) is 75.4 Å². The van der Waals surface area contributed by atoms with Gasteiger partial charge in [0.15, 0.2) is 0 Å². The third-order valence-corrected chi connectivity index (χ3v) is 6.28. The maximum Gasteiger partial charge on any atom is 0.0967 e. The van der Waals surface area contributed by atoms with Crippen molar-refractivity contribution in [3.63, 3.8) is 0 Å². The van der Waals surface area contributed by atoms with Crippen LogP contribution in [0.25, 0.3) is 5.57 Å². The van der Waals surface area contributed by atoms with Crippen LogP contribution >= 0.6 is 0 Å². The highest BCUT2D eigenvalue weighted by Crippen LogP contribution is 2.57. The molecule has 3 rings (SSSR count). The molecule has 1 saturated carbocycles. The van der Waals surface area contributed by atoms with Crippen LogP contribution in [0.5, 0.6) is 0 Å². The lowest BCUT2D eigenvalue weighted by molar-refractivity contribution is -0.0216. The Morgan fingerprint density at radius 2 is 1.80 bits per heavy atom. The molecule has 1 fully saturated rings. The van der Waals surface area contributed by atoms with Gasteiger partial charge < -0.3 is 4.74 Å². The van der Waals surface area contributed by atoms with Gasteiger partial charge >= 0.3 is 0 Å². The number of ether oxygens (including phenoxy) is 1. The number of rotatable bonds is 10. The molecule has 1 aromatic rings. The third-order valence-electron chi connectivity index (χ3n) is 6.28. The summed E-state index contributed by atoms with van der Waals surface area (Å²) in [5.74, 6) is 0.723. The predicted molar refractivity (Wildman–Crippen MR) is 108 cm³/mol. The first-order valence-electron chi connectivity index (χ1n) is 10.7. The minimum absolute atomic E-state index is 0.0244. The maximum absolute atomic E-state index is 6.72. The van der Waals surface area contributed by atoms with E-state index in [4.69, 9.17) is 4.74 Å². The summed E-state index contributed by atoms with van der Waals surface area (Å²) in [6, 6.07) is 11.1. The third kappa shape index (κ3) is 4.03. The minimum Gasteiger partial charge on any atom is -0.370 e. The van der Waals surface area contributed by atoms with Crippen LogP contribution in [-0.2, 0) is 4.74 Å². The number of hydrogen-bond donors (Lipinski definition) is 0. The smallest absolute Gasteiger partial charge is 0.0967 e. The van der Waals surface area contributed by atoms with Gasteiger partial charge in [-0.15, -0.1) is 0 Å². The van der Waals surface area contributed by atoms with Gasteiger partial charge in [0.2, 0.25) is 0 Å². The van der Waals surface area contributed by atoms with E-state index in [0.717, 1.165) is 12.5 Å². The molecule has 0 amide bonds. The molecular weight excluding hydrogens is 304 g/mol. The van der Waals surface area contributed by atoms with Crippen molar-refractivity contribution in [2.75, 3.05) is 6.61 Å². The Morgan fingerprint density at radius 1 is 1.00 bits per heavy atom. The van der Waals surface area contributed by atoms with Crippen molar-refractivity contribution in [1.82, 2.24) is 0 Å². The van der Waals surface area contributed by atoms with Gasteiger partial charge in [0.1, 0.15) is 0 Å². The summed E-state index contributed by atoms with van der Waals surface area (Å²) in [6.07, 6.45) is 14.3. The number of allylic oxidation sites excluding steroid dienone is 1. The van der Waals surface area contributed by atoms with Crippen molar-refractivity contribution >= 4 is 5.57 Å². The van der Waals surface area contributed by atoms with Crippen LogP contribution in [0.3, 0.4) is 0 Å². The normalized spacial score (nSPS) is 25.6. The fourth-order valence-electron chi connectivity index (χ4n) is 5.05. The Balaban J connectivity index is 1.88. The molecule has 1 aromatic carbocycles. The number of unbranched alkanes of at least 4 members (excludes halogenated alkanes) is 4. The zero-order valence-electron chi connectivity index (χ0n) is 16.4. The van der Waals surface area contributed by atoms with E-state index < -0.39 is 0 Å². The molecular formula is C24H36O. The van der Waals surface area contributed by atoms with Crippen molar-refractivity contribution in [3.05, 3.63) is 41.5 Å². The van der Waals surface area contributed by atoms with Gasteiger partial charge in [0.25, 0.3) is 0 Å². The summed E-state index contributed by atoms with van der Waals surface area (Å²) in [5, 5.41) is 0. The fourth-order valence-corrected chi connectivity index (χ4v) is 5.05. The number of hydrogen-bond acceptors (Lipinski definition) is 1. The van der Waals surface area contributed by atoms with Gasteiger partial charge in [-0.2, -0.15) is 0 Å². The molecule has 1 nitrogen and oxygen atoms in total. The lowest BCUT2D eigenvalue weighted by Crippen LogP contribution is -2.35. The average molecular weight is 341 g/mol. The van der Waals surface area contributed by atoms with Gasteiger partial charge in [-0.3, -0.25) is 0 Å². The molecule has 0 aromatic heterocycles. The summed E-state index contributed by atoms with van der Waals surface area (Å²) < 4.78 is 6.72. The Hall–Kier alpha value is -1.08. The van der Waals surface area contributed by atoms with E-state index in [1.54, 1.807) is 11.1 Å². The van der Waals surface area contributed by atoms with Crippen LogP contribution in [-0.4, -0.2) is 12.2 Å². The van der Waals surface area contributed by atoms with Gasteiger partial charge in [-0.25, -0.2) is 0 Å². The zero-order chi connectivity index (χ0) is 17.5. The van der Waals surface area contributed by atoms with E-state index in [-0.39, 0.29) is 5.60 Å². The SMILES string of the molecule is CCCCCCC1=C(c2ccccc2)[C@]2(OCCCC)CCC[C@@H]2C1. The second kappa shape index (κ2) is 9.03. The van der Waals surface area contributed by atoms with Crippen molar-refractivity contribution < 1.29 is 4.74 Å². The first kappa shape index (κ1) is 18.7. The fraction of sp³-hybridized carbons (Fsp3) is 0.667. The van der Waals surface area contributed by atoms with Crippen LogP contribution < -0.4 is 0 Å². The van der Waals surface area contributed by atoms with Crippen LogP contribution in [0, 0.1) is 5.92 Å². The quantitative estimate of drug-likeness (QED) is 0.410. The summed E-state index contributed by atoms with van der Waals surface area (Å²) >= 11 is 0. The molecule has 0 radical (unpaired) electrons. The predicted octanol–water partition coefficient (Wildman–Crippen LogP) is 7.17. The number of fused-ring (bicyclic) bond motifs is 1. The molecule has 2 atom stereocenters. The van der Waals surface area contributed by atoms with Gasteiger partial charge in [0, 0.05) is 6.61 Å². The van der Waals surface area contributed by atoms with Gasteiger partial charge in [-0.05, 0) is 62.0 Å². The molecule has 0 N–H and O–H groups in total. The first-order chi connectivity index (χ1) is 12.3. The Labute approximate surface area is 154 Å². The highest BCUT2D eigenvalue weighted by molar-refractivity contribution is 5.78. The van der Waals surface area contributed by atoms with Crippen LogP contribution in [0.2, 0.25) is 0 Å². The minimum atomic E-state index is 0.0244. The summed E-state index contributed by atoms with van der Waals surface area (Å²) in [6.45, 7) is 5.48. The average Bonchev–Trinajstić information content (AvgIpc) is 3.15. The molecule has 138 valence electrons. The Kier molecular flexibility index (Phi) is 6.76. The van der Waals surface area contributed by atoms with E-state index in [2.05, 4.69) is 44.2 Å². The van der Waals surface area contributed by atoms with Crippen molar-refractivity contribution in [3.8, 4) is 0 Å². The lowest BCUT2D eigenvalue weighted by atomic mass is 9.84. The summed E-state index contributed by atoms with van der Waals surface area (Å²) in [4.78, 5) is 0. The second-order valence-corrected chi connectivity index (χ2v) is 8.04.